The van der Waals surface area contributed by atoms with Gasteiger partial charge >= 0.3 is 5.97 Å². The van der Waals surface area contributed by atoms with Gasteiger partial charge in [0.05, 0.1) is 0 Å². The zero-order valence-corrected chi connectivity index (χ0v) is 13.4. The fourth-order valence-electron chi connectivity index (χ4n) is 1.91. The van der Waals surface area contributed by atoms with Crippen LogP contribution in [0.4, 0.5) is 5.69 Å². The largest absolute Gasteiger partial charge is 0.507 e. The summed E-state index contributed by atoms with van der Waals surface area (Å²) < 4.78 is 5.09. The molecule has 2 aromatic carbocycles. The number of phenols is 1. The molecular formula is C17H16ClNO4. The number of aromatic hydroxyl groups is 1. The lowest BCUT2D eigenvalue weighted by atomic mass is 10.1. The van der Waals surface area contributed by atoms with E-state index < -0.39 is 18.0 Å². The van der Waals surface area contributed by atoms with E-state index in [0.717, 1.165) is 0 Å². The number of carbonyl (C=O) groups excluding carboxylic acids is 2. The summed E-state index contributed by atoms with van der Waals surface area (Å²) in [5.41, 5.74) is 1.08. The summed E-state index contributed by atoms with van der Waals surface area (Å²) in [5, 5.41) is 13.0. The lowest BCUT2D eigenvalue weighted by Gasteiger charge is -2.14. The summed E-state index contributed by atoms with van der Waals surface area (Å²) in [4.78, 5) is 24.1. The molecule has 1 atom stereocenters. The average Bonchev–Trinajstić information content (AvgIpc) is 2.49. The van der Waals surface area contributed by atoms with Crippen molar-refractivity contribution in [1.82, 2.24) is 0 Å². The average molecular weight is 334 g/mol. The Bertz CT molecular complexity index is 745. The molecule has 5 nitrogen and oxygen atoms in total. The Morgan fingerprint density at radius 2 is 1.91 bits per heavy atom. The highest BCUT2D eigenvalue weighted by Gasteiger charge is 2.21. The van der Waals surface area contributed by atoms with E-state index in [4.69, 9.17) is 16.3 Å². The standard InChI is InChI=1S/C17H16ClNO4/c1-10-5-3-8-14(15(10)20)17(22)23-11(2)16(21)19-13-7-4-6-12(18)9-13/h3-9,11,20H,1-2H3,(H,19,21)/t11-/m0/s1. The smallest absolute Gasteiger partial charge is 0.342 e. The van der Waals surface area contributed by atoms with Crippen LogP contribution >= 0.6 is 11.6 Å². The molecule has 0 aromatic heterocycles. The Labute approximate surface area is 138 Å². The second-order valence-electron chi connectivity index (χ2n) is 5.02. The predicted molar refractivity (Wildman–Crippen MR) is 87.8 cm³/mol. The minimum absolute atomic E-state index is 0.0207. The molecule has 23 heavy (non-hydrogen) atoms. The van der Waals surface area contributed by atoms with E-state index in [9.17, 15) is 14.7 Å². The minimum Gasteiger partial charge on any atom is -0.507 e. The molecule has 0 saturated carbocycles. The molecule has 2 aromatic rings. The molecule has 6 heteroatoms. The molecule has 120 valence electrons. The third kappa shape index (κ3) is 4.23. The number of carbonyl (C=O) groups is 2. The second kappa shape index (κ2) is 7.15. The van der Waals surface area contributed by atoms with Gasteiger partial charge in [-0.2, -0.15) is 0 Å². The van der Waals surface area contributed by atoms with Gasteiger partial charge < -0.3 is 15.2 Å². The van der Waals surface area contributed by atoms with Gasteiger partial charge in [-0.05, 0) is 43.7 Å². The van der Waals surface area contributed by atoms with Crippen molar-refractivity contribution in [1.29, 1.82) is 0 Å². The highest BCUT2D eigenvalue weighted by Crippen LogP contribution is 2.22. The quantitative estimate of drug-likeness (QED) is 0.839. The van der Waals surface area contributed by atoms with E-state index in [-0.39, 0.29) is 11.3 Å². The molecular weight excluding hydrogens is 318 g/mol. The number of rotatable bonds is 4. The number of esters is 1. The number of anilines is 1. The van der Waals surface area contributed by atoms with Crippen molar-refractivity contribution in [3.63, 3.8) is 0 Å². The van der Waals surface area contributed by atoms with Gasteiger partial charge in [-0.1, -0.05) is 29.8 Å². The third-order valence-corrected chi connectivity index (χ3v) is 3.44. The van der Waals surface area contributed by atoms with Crippen LogP contribution in [0.3, 0.4) is 0 Å². The monoisotopic (exact) mass is 333 g/mol. The summed E-state index contributed by atoms with van der Waals surface area (Å²) in [6, 6.07) is 11.4. The Kier molecular flexibility index (Phi) is 5.24. The van der Waals surface area contributed by atoms with Gasteiger partial charge in [0.1, 0.15) is 11.3 Å². The number of ether oxygens (including phenoxy) is 1. The van der Waals surface area contributed by atoms with Crippen molar-refractivity contribution in [2.24, 2.45) is 0 Å². The number of amides is 1. The predicted octanol–water partition coefficient (Wildman–Crippen LogP) is 3.54. The molecule has 0 saturated heterocycles. The van der Waals surface area contributed by atoms with Crippen LogP contribution in [0.25, 0.3) is 0 Å². The Balaban J connectivity index is 2.03. The maximum atomic E-state index is 12.1. The number of hydrogen-bond acceptors (Lipinski definition) is 4. The molecule has 1 amide bonds. The molecule has 0 aliphatic carbocycles. The number of aryl methyl sites for hydroxylation is 1. The number of nitrogens with one attached hydrogen (secondary N) is 1. The second-order valence-corrected chi connectivity index (χ2v) is 5.45. The Morgan fingerprint density at radius 1 is 1.22 bits per heavy atom. The van der Waals surface area contributed by atoms with Crippen LogP contribution < -0.4 is 5.32 Å². The summed E-state index contributed by atoms with van der Waals surface area (Å²) >= 11 is 5.84. The fraction of sp³-hybridized carbons (Fsp3) is 0.176. The van der Waals surface area contributed by atoms with Crippen molar-refractivity contribution >= 4 is 29.2 Å². The number of benzene rings is 2. The van der Waals surface area contributed by atoms with Crippen LogP contribution in [0.15, 0.2) is 42.5 Å². The van der Waals surface area contributed by atoms with Crippen molar-refractivity contribution in [3.8, 4) is 5.75 Å². The molecule has 2 rings (SSSR count). The van der Waals surface area contributed by atoms with Crippen LogP contribution in [0.1, 0.15) is 22.8 Å². The van der Waals surface area contributed by atoms with Crippen molar-refractivity contribution in [3.05, 3.63) is 58.6 Å². The van der Waals surface area contributed by atoms with Gasteiger partial charge in [-0.3, -0.25) is 4.79 Å². The summed E-state index contributed by atoms with van der Waals surface area (Å²) in [6.45, 7) is 3.12. The van der Waals surface area contributed by atoms with Gasteiger partial charge in [0.25, 0.3) is 5.91 Å². The zero-order valence-electron chi connectivity index (χ0n) is 12.7. The molecule has 2 N–H and O–H groups in total. The van der Waals surface area contributed by atoms with Crippen molar-refractivity contribution in [2.45, 2.75) is 20.0 Å². The SMILES string of the molecule is Cc1cccc(C(=O)O[C@@H](C)C(=O)Nc2cccc(Cl)c2)c1O. The number of para-hydroxylation sites is 1. The first-order chi connectivity index (χ1) is 10.9. The molecule has 0 unspecified atom stereocenters. The molecule has 0 aliphatic rings. The highest BCUT2D eigenvalue weighted by molar-refractivity contribution is 6.30. The van der Waals surface area contributed by atoms with Crippen LogP contribution in [0.2, 0.25) is 5.02 Å². The highest BCUT2D eigenvalue weighted by atomic mass is 35.5. The summed E-state index contributed by atoms with van der Waals surface area (Å²) in [7, 11) is 0. The molecule has 0 bridgehead atoms. The van der Waals surface area contributed by atoms with Crippen LogP contribution in [-0.2, 0) is 9.53 Å². The van der Waals surface area contributed by atoms with Crippen molar-refractivity contribution in [2.75, 3.05) is 5.32 Å². The van der Waals surface area contributed by atoms with E-state index in [1.54, 1.807) is 43.3 Å². The van der Waals surface area contributed by atoms with E-state index in [2.05, 4.69) is 5.32 Å². The van der Waals surface area contributed by atoms with Gasteiger partial charge in [0, 0.05) is 10.7 Å². The summed E-state index contributed by atoms with van der Waals surface area (Å²) in [5.74, 6) is -1.41. The van der Waals surface area contributed by atoms with Crippen molar-refractivity contribution < 1.29 is 19.4 Å². The topological polar surface area (TPSA) is 75.6 Å². The fourth-order valence-corrected chi connectivity index (χ4v) is 2.10. The van der Waals surface area contributed by atoms with E-state index in [1.807, 2.05) is 0 Å². The van der Waals surface area contributed by atoms with E-state index in [1.165, 1.54) is 13.0 Å². The Hall–Kier alpha value is -2.53. The number of hydrogen-bond donors (Lipinski definition) is 2. The first kappa shape index (κ1) is 16.8. The van der Waals surface area contributed by atoms with Gasteiger partial charge in [-0.15, -0.1) is 0 Å². The molecule has 0 spiro atoms. The zero-order chi connectivity index (χ0) is 17.0. The van der Waals surface area contributed by atoms with Crippen LogP contribution in [-0.4, -0.2) is 23.1 Å². The molecule has 0 fully saturated rings. The number of phenolic OH excluding ortho intramolecular Hbond substituents is 1. The maximum absolute atomic E-state index is 12.1. The summed E-state index contributed by atoms with van der Waals surface area (Å²) in [6.07, 6.45) is -1.03. The molecule has 0 aliphatic heterocycles. The van der Waals surface area contributed by atoms with Gasteiger partial charge in [-0.25, -0.2) is 4.79 Å². The number of halogens is 1. The van der Waals surface area contributed by atoms with E-state index in [0.29, 0.717) is 16.3 Å². The third-order valence-electron chi connectivity index (χ3n) is 3.20. The van der Waals surface area contributed by atoms with Crippen LogP contribution in [0.5, 0.6) is 5.75 Å². The molecule has 0 heterocycles. The lowest BCUT2D eigenvalue weighted by molar-refractivity contribution is -0.123. The van der Waals surface area contributed by atoms with Crippen LogP contribution in [0, 0.1) is 6.92 Å². The van der Waals surface area contributed by atoms with Gasteiger partial charge in [0.15, 0.2) is 6.10 Å². The normalized spacial score (nSPS) is 11.6. The first-order valence-electron chi connectivity index (χ1n) is 6.94. The molecule has 0 radical (unpaired) electrons. The maximum Gasteiger partial charge on any atom is 0.342 e. The lowest BCUT2D eigenvalue weighted by Crippen LogP contribution is -2.30. The van der Waals surface area contributed by atoms with E-state index >= 15 is 0 Å². The Morgan fingerprint density at radius 3 is 2.61 bits per heavy atom. The van der Waals surface area contributed by atoms with Gasteiger partial charge in [0.2, 0.25) is 0 Å². The first-order valence-corrected chi connectivity index (χ1v) is 7.32. The minimum atomic E-state index is -1.03.